The highest BCUT2D eigenvalue weighted by Crippen LogP contribution is 2.10. The van der Waals surface area contributed by atoms with Crippen molar-refractivity contribution in [3.8, 4) is 0 Å². The Morgan fingerprint density at radius 1 is 1.50 bits per heavy atom. The van der Waals surface area contributed by atoms with E-state index in [0.717, 1.165) is 0 Å². The van der Waals surface area contributed by atoms with E-state index in [-0.39, 0.29) is 6.29 Å². The van der Waals surface area contributed by atoms with Gasteiger partial charge in [-0.2, -0.15) is 8.42 Å². The van der Waals surface area contributed by atoms with Gasteiger partial charge in [0.1, 0.15) is 0 Å². The third-order valence-electron chi connectivity index (χ3n) is 1.02. The minimum atomic E-state index is -4.15. The van der Waals surface area contributed by atoms with Crippen LogP contribution in [0.25, 0.3) is 0 Å². The van der Waals surface area contributed by atoms with Crippen molar-refractivity contribution in [2.75, 3.05) is 0 Å². The topological polar surface area (TPSA) is 71.5 Å². The van der Waals surface area contributed by atoms with Gasteiger partial charge in [-0.25, -0.2) is 4.31 Å². The first-order chi connectivity index (χ1) is 5.30. The molecule has 5 nitrogen and oxygen atoms in total. The van der Waals surface area contributed by atoms with Gasteiger partial charge in [0.25, 0.3) is 0 Å². The van der Waals surface area contributed by atoms with Gasteiger partial charge < -0.3 is 0 Å². The summed E-state index contributed by atoms with van der Waals surface area (Å²) in [5.41, 5.74) is 0. The second-order valence-corrected chi connectivity index (χ2v) is 4.68. The average molecular weight is 214 g/mol. The molecule has 0 atom stereocenters. The van der Waals surface area contributed by atoms with E-state index >= 15 is 0 Å². The first kappa shape index (κ1) is 11.4. The largest absolute Gasteiger partial charge is 0.324 e. The lowest BCUT2D eigenvalue weighted by Gasteiger charge is -2.19. The summed E-state index contributed by atoms with van der Waals surface area (Å²) in [4.78, 5) is 20.7. The molecule has 0 saturated heterocycles. The molecule has 0 aliphatic heterocycles. The fraction of sp³-hybridized carbons (Fsp3) is 0.600. The minimum absolute atomic E-state index is 0.0973. The molecule has 0 N–H and O–H groups in total. The number of hydrogen-bond acceptors (Lipinski definition) is 4. The van der Waals surface area contributed by atoms with Gasteiger partial charge in [0, 0.05) is 16.7 Å². The van der Waals surface area contributed by atoms with E-state index < -0.39 is 21.2 Å². The molecule has 0 unspecified atom stereocenters. The summed E-state index contributed by atoms with van der Waals surface area (Å²) in [6, 6.07) is -0.662. The summed E-state index contributed by atoms with van der Waals surface area (Å²) >= 11 is 0. The molecule has 0 bridgehead atoms. The third kappa shape index (κ3) is 2.78. The molecule has 12 heavy (non-hydrogen) atoms. The molecule has 0 fully saturated rings. The molecule has 7 heteroatoms. The lowest BCUT2D eigenvalue weighted by Crippen LogP contribution is -2.39. The Labute approximate surface area is 74.8 Å². The van der Waals surface area contributed by atoms with Crippen LogP contribution >= 0.6 is 10.7 Å². The molecule has 0 aromatic heterocycles. The Kier molecular flexibility index (Phi) is 3.66. The standard InChI is InChI=1S/C5H8ClNO4S/c1-4(2)7(5(9)3-8)12(6,10)11/h3-4H,1-2H3. The zero-order valence-corrected chi connectivity index (χ0v) is 8.09. The zero-order chi connectivity index (χ0) is 9.94. The van der Waals surface area contributed by atoms with Crippen molar-refractivity contribution in [3.05, 3.63) is 0 Å². The van der Waals surface area contributed by atoms with E-state index in [1.54, 1.807) is 0 Å². The van der Waals surface area contributed by atoms with Crippen LogP contribution in [0, 0.1) is 0 Å². The molecule has 0 saturated carbocycles. The summed E-state index contributed by atoms with van der Waals surface area (Å²) in [6.07, 6.45) is -0.0973. The van der Waals surface area contributed by atoms with E-state index in [2.05, 4.69) is 0 Å². The maximum absolute atomic E-state index is 10.7. The predicted molar refractivity (Wildman–Crippen MR) is 42.8 cm³/mol. The summed E-state index contributed by atoms with van der Waals surface area (Å²) in [7, 11) is 0.735. The van der Waals surface area contributed by atoms with Gasteiger partial charge in [-0.3, -0.25) is 9.59 Å². The molecule has 0 radical (unpaired) electrons. The van der Waals surface area contributed by atoms with Crippen LogP contribution in [0.5, 0.6) is 0 Å². The Hall–Kier alpha value is -0.620. The van der Waals surface area contributed by atoms with Crippen LogP contribution in [0.2, 0.25) is 0 Å². The Bertz CT molecular complexity index is 284. The molecule has 0 aromatic rings. The molecule has 0 aliphatic carbocycles. The molecule has 0 rings (SSSR count). The third-order valence-corrected chi connectivity index (χ3v) is 2.54. The Morgan fingerprint density at radius 3 is 2.00 bits per heavy atom. The van der Waals surface area contributed by atoms with Crippen molar-refractivity contribution in [2.24, 2.45) is 0 Å². The molecule has 1 amide bonds. The van der Waals surface area contributed by atoms with Crippen LogP contribution in [-0.4, -0.2) is 31.0 Å². The first-order valence-electron chi connectivity index (χ1n) is 3.04. The minimum Gasteiger partial charge on any atom is -0.292 e. The molecule has 0 aromatic carbocycles. The number of aldehydes is 1. The highest BCUT2D eigenvalue weighted by Gasteiger charge is 2.27. The molecule has 0 aliphatic rings. The first-order valence-corrected chi connectivity index (χ1v) is 5.30. The Balaban J connectivity index is 4.94. The van der Waals surface area contributed by atoms with Gasteiger partial charge in [-0.15, -0.1) is 0 Å². The van der Waals surface area contributed by atoms with Crippen LogP contribution in [0.1, 0.15) is 13.8 Å². The molecule has 0 spiro atoms. The molecule has 0 heterocycles. The summed E-state index contributed by atoms with van der Waals surface area (Å²) in [5.74, 6) is -1.17. The van der Waals surface area contributed by atoms with Crippen LogP contribution in [0.15, 0.2) is 0 Å². The summed E-state index contributed by atoms with van der Waals surface area (Å²) < 4.78 is 21.7. The molecule has 70 valence electrons. The van der Waals surface area contributed by atoms with Crippen molar-refractivity contribution in [3.63, 3.8) is 0 Å². The van der Waals surface area contributed by atoms with Crippen molar-refractivity contribution >= 4 is 32.1 Å². The molecular weight excluding hydrogens is 206 g/mol. The fourth-order valence-corrected chi connectivity index (χ4v) is 2.11. The van der Waals surface area contributed by atoms with Crippen LogP contribution < -0.4 is 0 Å². The van der Waals surface area contributed by atoms with E-state index in [0.29, 0.717) is 4.31 Å². The maximum atomic E-state index is 10.7. The number of rotatable bonds is 3. The second kappa shape index (κ2) is 3.86. The van der Waals surface area contributed by atoms with Crippen molar-refractivity contribution in [1.29, 1.82) is 0 Å². The van der Waals surface area contributed by atoms with Crippen molar-refractivity contribution in [1.82, 2.24) is 4.31 Å². The Morgan fingerprint density at radius 2 is 1.92 bits per heavy atom. The van der Waals surface area contributed by atoms with E-state index in [9.17, 15) is 18.0 Å². The lowest BCUT2D eigenvalue weighted by molar-refractivity contribution is -0.136. The fourth-order valence-electron chi connectivity index (χ4n) is 0.666. The van der Waals surface area contributed by atoms with Gasteiger partial charge in [0.15, 0.2) is 0 Å². The smallest absolute Gasteiger partial charge is 0.292 e. The van der Waals surface area contributed by atoms with Gasteiger partial charge in [0.05, 0.1) is 0 Å². The van der Waals surface area contributed by atoms with E-state index in [4.69, 9.17) is 10.7 Å². The quantitative estimate of drug-likeness (QED) is 0.373. The van der Waals surface area contributed by atoms with Crippen LogP contribution in [0.4, 0.5) is 0 Å². The number of carbonyl (C=O) groups excluding carboxylic acids is 2. The van der Waals surface area contributed by atoms with Gasteiger partial charge in [-0.1, -0.05) is 0 Å². The number of halogens is 1. The average Bonchev–Trinajstić information content (AvgIpc) is 1.83. The van der Waals surface area contributed by atoms with Crippen molar-refractivity contribution < 1.29 is 18.0 Å². The van der Waals surface area contributed by atoms with Crippen LogP contribution in [-0.2, 0) is 18.8 Å². The normalized spacial score (nSPS) is 11.3. The lowest BCUT2D eigenvalue weighted by atomic mass is 10.4. The van der Waals surface area contributed by atoms with E-state index in [1.807, 2.05) is 0 Å². The highest BCUT2D eigenvalue weighted by atomic mass is 35.7. The van der Waals surface area contributed by atoms with E-state index in [1.165, 1.54) is 13.8 Å². The second-order valence-electron chi connectivity index (χ2n) is 2.29. The number of hydrogen-bond donors (Lipinski definition) is 0. The van der Waals surface area contributed by atoms with Gasteiger partial charge in [-0.05, 0) is 13.8 Å². The van der Waals surface area contributed by atoms with Gasteiger partial charge in [0.2, 0.25) is 6.29 Å². The monoisotopic (exact) mass is 213 g/mol. The maximum Gasteiger partial charge on any atom is 0.324 e. The zero-order valence-electron chi connectivity index (χ0n) is 6.52. The van der Waals surface area contributed by atoms with Crippen molar-refractivity contribution in [2.45, 2.75) is 19.9 Å². The number of nitrogens with zero attached hydrogens (tertiary/aromatic N) is 1. The van der Waals surface area contributed by atoms with Crippen LogP contribution in [0.3, 0.4) is 0 Å². The highest BCUT2D eigenvalue weighted by molar-refractivity contribution is 8.12. The SMILES string of the molecule is CC(C)N(C(=O)C=O)S(=O)(=O)Cl. The number of amides is 1. The predicted octanol–water partition coefficient (Wildman–Crippen LogP) is -0.0941. The summed E-state index contributed by atoms with van der Waals surface area (Å²) in [6.45, 7) is 2.86. The number of carbonyl (C=O) groups is 2. The molecular formula is C5H8ClNO4S. The van der Waals surface area contributed by atoms with Gasteiger partial charge >= 0.3 is 15.1 Å². The summed E-state index contributed by atoms with van der Waals surface area (Å²) in [5, 5.41) is 0.